The molecule has 0 amide bonds. The van der Waals surface area contributed by atoms with Crippen molar-refractivity contribution in [1.82, 2.24) is 4.98 Å². The first-order valence-corrected chi connectivity index (χ1v) is 5.73. The predicted molar refractivity (Wildman–Crippen MR) is 75.9 cm³/mol. The summed E-state index contributed by atoms with van der Waals surface area (Å²) in [6.07, 6.45) is 1.74. The molecule has 0 radical (unpaired) electrons. The number of aromatic hydroxyl groups is 2. The van der Waals surface area contributed by atoms with Gasteiger partial charge in [-0.1, -0.05) is 6.07 Å². The van der Waals surface area contributed by atoms with Gasteiger partial charge in [0.15, 0.2) is 0 Å². The van der Waals surface area contributed by atoms with Crippen molar-refractivity contribution in [3.63, 3.8) is 0 Å². The summed E-state index contributed by atoms with van der Waals surface area (Å²) in [5.74, 6) is 0.532. The zero-order chi connectivity index (χ0) is 13.7. The first-order chi connectivity index (χ1) is 9.15. The molecule has 0 saturated heterocycles. The van der Waals surface area contributed by atoms with Gasteiger partial charge in [0.2, 0.25) is 0 Å². The largest absolute Gasteiger partial charge is 0.508 e. The number of phenolic OH excluding ortho intramolecular Hbond substituents is 2. The van der Waals surface area contributed by atoms with E-state index in [1.165, 1.54) is 0 Å². The standard InChI is InChI=1S/C9H7NO.C6H7NO/c11-8-3-4-9-7(6-8)2-1-5-10-9;7-5-1-3-6(8)4-2-5/h1-6,11H;1-4,8H,7H2. The lowest BCUT2D eigenvalue weighted by molar-refractivity contribution is 0.475. The van der Waals surface area contributed by atoms with Crippen molar-refractivity contribution in [3.8, 4) is 11.5 Å². The summed E-state index contributed by atoms with van der Waals surface area (Å²) < 4.78 is 0. The molecule has 0 spiro atoms. The van der Waals surface area contributed by atoms with Gasteiger partial charge in [0, 0.05) is 17.3 Å². The lowest BCUT2D eigenvalue weighted by Gasteiger charge is -1.95. The van der Waals surface area contributed by atoms with Crippen LogP contribution in [0.3, 0.4) is 0 Å². The number of nitrogens with two attached hydrogens (primary N) is 1. The third kappa shape index (κ3) is 3.61. The average Bonchev–Trinajstić information content (AvgIpc) is 2.43. The number of rotatable bonds is 0. The van der Waals surface area contributed by atoms with Crippen LogP contribution < -0.4 is 5.73 Å². The molecule has 4 N–H and O–H groups in total. The summed E-state index contributed by atoms with van der Waals surface area (Å²) in [4.78, 5) is 4.11. The van der Waals surface area contributed by atoms with Gasteiger partial charge in [-0.2, -0.15) is 0 Å². The molecule has 0 aliphatic heterocycles. The Morgan fingerprint density at radius 1 is 0.842 bits per heavy atom. The maximum absolute atomic E-state index is 9.10. The molecule has 3 aromatic rings. The summed E-state index contributed by atoms with van der Waals surface area (Å²) >= 11 is 0. The Kier molecular flexibility index (Phi) is 3.83. The van der Waals surface area contributed by atoms with E-state index in [0.717, 1.165) is 10.9 Å². The predicted octanol–water partition coefficient (Wildman–Crippen LogP) is 2.91. The van der Waals surface area contributed by atoms with E-state index in [2.05, 4.69) is 4.98 Å². The van der Waals surface area contributed by atoms with Gasteiger partial charge in [0.05, 0.1) is 5.52 Å². The molecule has 0 atom stereocenters. The van der Waals surface area contributed by atoms with Crippen molar-refractivity contribution in [2.75, 3.05) is 5.73 Å². The van der Waals surface area contributed by atoms with E-state index >= 15 is 0 Å². The molecule has 2 aromatic carbocycles. The van der Waals surface area contributed by atoms with E-state index in [4.69, 9.17) is 15.9 Å². The molecule has 1 heterocycles. The van der Waals surface area contributed by atoms with Crippen LogP contribution in [0, 0.1) is 0 Å². The Hall–Kier alpha value is -2.75. The quantitative estimate of drug-likeness (QED) is 0.425. The summed E-state index contributed by atoms with van der Waals surface area (Å²) in [5, 5.41) is 18.8. The molecule has 96 valence electrons. The van der Waals surface area contributed by atoms with Gasteiger partial charge in [-0.15, -0.1) is 0 Å². The maximum atomic E-state index is 9.10. The van der Waals surface area contributed by atoms with Gasteiger partial charge >= 0.3 is 0 Å². The van der Waals surface area contributed by atoms with Crippen LogP contribution >= 0.6 is 0 Å². The number of benzene rings is 2. The number of pyridine rings is 1. The highest BCUT2D eigenvalue weighted by Gasteiger charge is 1.92. The number of hydrogen-bond acceptors (Lipinski definition) is 4. The van der Waals surface area contributed by atoms with Crippen molar-refractivity contribution in [2.24, 2.45) is 0 Å². The minimum atomic E-state index is 0.249. The Labute approximate surface area is 110 Å². The van der Waals surface area contributed by atoms with Crippen molar-refractivity contribution < 1.29 is 10.2 Å². The van der Waals surface area contributed by atoms with Crippen molar-refractivity contribution in [3.05, 3.63) is 60.8 Å². The third-order valence-corrected chi connectivity index (χ3v) is 2.48. The second kappa shape index (κ2) is 5.73. The molecular formula is C15H14N2O2. The molecule has 0 aliphatic rings. The second-order valence-corrected chi connectivity index (χ2v) is 3.97. The number of fused-ring (bicyclic) bond motifs is 1. The number of nitrogens with zero attached hydrogens (tertiary/aromatic N) is 1. The van der Waals surface area contributed by atoms with E-state index < -0.39 is 0 Å². The number of aromatic nitrogens is 1. The molecule has 0 unspecified atom stereocenters. The highest BCUT2D eigenvalue weighted by atomic mass is 16.3. The minimum Gasteiger partial charge on any atom is -0.508 e. The summed E-state index contributed by atoms with van der Waals surface area (Å²) in [6, 6.07) is 15.3. The number of phenols is 2. The van der Waals surface area contributed by atoms with Crippen LogP contribution in [0.5, 0.6) is 11.5 Å². The van der Waals surface area contributed by atoms with E-state index in [1.54, 1.807) is 48.7 Å². The van der Waals surface area contributed by atoms with Crippen LogP contribution in [0.2, 0.25) is 0 Å². The van der Waals surface area contributed by atoms with Crippen molar-refractivity contribution in [1.29, 1.82) is 0 Å². The van der Waals surface area contributed by atoms with Crippen LogP contribution in [-0.2, 0) is 0 Å². The smallest absolute Gasteiger partial charge is 0.116 e. The SMILES string of the molecule is Nc1ccc(O)cc1.Oc1ccc2ncccc2c1. The molecule has 0 fully saturated rings. The van der Waals surface area contributed by atoms with Gasteiger partial charge in [-0.3, -0.25) is 4.98 Å². The number of hydrogen-bond donors (Lipinski definition) is 3. The van der Waals surface area contributed by atoms with Crippen LogP contribution in [0.4, 0.5) is 5.69 Å². The normalized spacial score (nSPS) is 9.68. The van der Waals surface area contributed by atoms with Gasteiger partial charge < -0.3 is 15.9 Å². The monoisotopic (exact) mass is 254 g/mol. The van der Waals surface area contributed by atoms with Gasteiger partial charge in [-0.25, -0.2) is 0 Å². The van der Waals surface area contributed by atoms with E-state index in [1.807, 2.05) is 12.1 Å². The lowest BCUT2D eigenvalue weighted by Crippen LogP contribution is -1.80. The average molecular weight is 254 g/mol. The molecule has 19 heavy (non-hydrogen) atoms. The second-order valence-electron chi connectivity index (χ2n) is 3.97. The Balaban J connectivity index is 0.000000148. The van der Waals surface area contributed by atoms with Crippen LogP contribution in [0.25, 0.3) is 10.9 Å². The molecule has 0 bridgehead atoms. The molecule has 4 nitrogen and oxygen atoms in total. The number of anilines is 1. The Bertz CT molecular complexity index is 645. The van der Waals surface area contributed by atoms with E-state index in [0.29, 0.717) is 5.69 Å². The van der Waals surface area contributed by atoms with Crippen LogP contribution in [-0.4, -0.2) is 15.2 Å². The molecular weight excluding hydrogens is 240 g/mol. The van der Waals surface area contributed by atoms with Crippen LogP contribution in [0.15, 0.2) is 60.8 Å². The van der Waals surface area contributed by atoms with Crippen molar-refractivity contribution >= 4 is 16.6 Å². The lowest BCUT2D eigenvalue weighted by atomic mass is 10.2. The zero-order valence-corrected chi connectivity index (χ0v) is 10.2. The Morgan fingerprint density at radius 3 is 2.21 bits per heavy atom. The minimum absolute atomic E-state index is 0.249. The maximum Gasteiger partial charge on any atom is 0.116 e. The summed E-state index contributed by atoms with van der Waals surface area (Å²) in [7, 11) is 0. The summed E-state index contributed by atoms with van der Waals surface area (Å²) in [6.45, 7) is 0. The Morgan fingerprint density at radius 2 is 1.53 bits per heavy atom. The first-order valence-electron chi connectivity index (χ1n) is 5.73. The molecule has 0 saturated carbocycles. The third-order valence-electron chi connectivity index (χ3n) is 2.48. The number of nitrogen functional groups attached to an aromatic ring is 1. The van der Waals surface area contributed by atoms with Gasteiger partial charge in [0.25, 0.3) is 0 Å². The van der Waals surface area contributed by atoms with Gasteiger partial charge in [-0.05, 0) is 48.5 Å². The fourth-order valence-electron chi connectivity index (χ4n) is 1.54. The fraction of sp³-hybridized carbons (Fsp3) is 0. The van der Waals surface area contributed by atoms with E-state index in [-0.39, 0.29) is 11.5 Å². The molecule has 0 aliphatic carbocycles. The van der Waals surface area contributed by atoms with Crippen molar-refractivity contribution in [2.45, 2.75) is 0 Å². The highest BCUT2D eigenvalue weighted by molar-refractivity contribution is 5.79. The topological polar surface area (TPSA) is 79.4 Å². The van der Waals surface area contributed by atoms with Crippen LogP contribution in [0.1, 0.15) is 0 Å². The molecule has 3 rings (SSSR count). The summed E-state index contributed by atoms with van der Waals surface area (Å²) in [5.41, 5.74) is 6.89. The fourth-order valence-corrected chi connectivity index (χ4v) is 1.54. The first kappa shape index (κ1) is 12.7. The zero-order valence-electron chi connectivity index (χ0n) is 10.2. The highest BCUT2D eigenvalue weighted by Crippen LogP contribution is 2.16. The van der Waals surface area contributed by atoms with E-state index in [9.17, 15) is 0 Å². The molecule has 1 aromatic heterocycles. The molecule has 4 heteroatoms. The van der Waals surface area contributed by atoms with Gasteiger partial charge in [0.1, 0.15) is 11.5 Å².